The maximum Gasteiger partial charge on any atom is 0.246 e. The summed E-state index contributed by atoms with van der Waals surface area (Å²) in [5, 5.41) is 7.07. The zero-order chi connectivity index (χ0) is 21.0. The number of guanidine groups is 1. The quantitative estimate of drug-likeness (QED) is 0.510. The van der Waals surface area contributed by atoms with Crippen molar-refractivity contribution in [1.29, 1.82) is 0 Å². The predicted molar refractivity (Wildman–Crippen MR) is 112 cm³/mol. The predicted octanol–water partition coefficient (Wildman–Crippen LogP) is 3.00. The van der Waals surface area contributed by atoms with Gasteiger partial charge in [0.05, 0.1) is 13.7 Å². The monoisotopic (exact) mass is 396 g/mol. The minimum atomic E-state index is 0.433. The Morgan fingerprint density at radius 3 is 2.55 bits per heavy atom. The molecule has 154 valence electrons. The Bertz CT molecular complexity index is 987. The van der Waals surface area contributed by atoms with Gasteiger partial charge in [-0.2, -0.15) is 4.98 Å². The second-order valence-electron chi connectivity index (χ2n) is 6.92. The summed E-state index contributed by atoms with van der Waals surface area (Å²) >= 11 is 0. The number of ether oxygens (including phenoxy) is 1. The third-order valence-corrected chi connectivity index (χ3v) is 4.81. The highest BCUT2D eigenvalue weighted by atomic mass is 16.5. The molecule has 3 aromatic rings. The van der Waals surface area contributed by atoms with Gasteiger partial charge in [-0.05, 0) is 56.7 Å². The smallest absolute Gasteiger partial charge is 0.246 e. The number of methoxy groups -OCH3 is 1. The van der Waals surface area contributed by atoms with Crippen LogP contribution in [0.15, 0.2) is 39.8 Å². The SMILES string of the molecule is CN=C(NCc1nc(C)no1)N(C)Cc1cc(C)n(-c2ccc(OC)cc2)c1C. The van der Waals surface area contributed by atoms with Gasteiger partial charge in [-0.3, -0.25) is 4.99 Å². The lowest BCUT2D eigenvalue weighted by molar-refractivity contribution is 0.368. The number of aryl methyl sites for hydroxylation is 2. The second kappa shape index (κ2) is 8.81. The minimum Gasteiger partial charge on any atom is -0.497 e. The van der Waals surface area contributed by atoms with E-state index in [1.165, 1.54) is 17.0 Å². The van der Waals surface area contributed by atoms with Crippen LogP contribution in [0, 0.1) is 20.8 Å². The lowest BCUT2D eigenvalue weighted by Gasteiger charge is -2.21. The number of rotatable bonds is 6. The van der Waals surface area contributed by atoms with Crippen molar-refractivity contribution in [3.05, 3.63) is 59.0 Å². The summed E-state index contributed by atoms with van der Waals surface area (Å²) in [7, 11) is 5.45. The van der Waals surface area contributed by atoms with E-state index in [-0.39, 0.29) is 0 Å². The summed E-state index contributed by atoms with van der Waals surface area (Å²) in [5.41, 5.74) is 4.73. The molecule has 3 rings (SSSR count). The molecule has 0 atom stereocenters. The molecule has 0 saturated heterocycles. The van der Waals surface area contributed by atoms with E-state index in [1.807, 2.05) is 19.2 Å². The van der Waals surface area contributed by atoms with Crippen LogP contribution in [0.25, 0.3) is 5.69 Å². The number of aromatic nitrogens is 3. The van der Waals surface area contributed by atoms with E-state index in [2.05, 4.69) is 62.0 Å². The van der Waals surface area contributed by atoms with Crippen LogP contribution in [0.3, 0.4) is 0 Å². The van der Waals surface area contributed by atoms with E-state index in [0.29, 0.717) is 18.3 Å². The zero-order valence-corrected chi connectivity index (χ0v) is 17.9. The van der Waals surface area contributed by atoms with Gasteiger partial charge in [-0.15, -0.1) is 0 Å². The van der Waals surface area contributed by atoms with Crippen molar-refractivity contribution in [2.75, 3.05) is 21.2 Å². The third kappa shape index (κ3) is 4.59. The van der Waals surface area contributed by atoms with Gasteiger partial charge in [0.25, 0.3) is 0 Å². The molecule has 0 spiro atoms. The van der Waals surface area contributed by atoms with Crippen LogP contribution in [0.1, 0.15) is 28.7 Å². The molecule has 2 aromatic heterocycles. The maximum atomic E-state index is 5.27. The standard InChI is InChI=1S/C21H28N6O2/c1-14-11-17(15(2)27(14)18-7-9-19(28-6)10-8-18)13-26(5)21(22-4)23-12-20-24-16(3)25-29-20/h7-11H,12-13H2,1-6H3,(H,22,23). The lowest BCUT2D eigenvalue weighted by Crippen LogP contribution is -2.38. The Morgan fingerprint density at radius 2 is 1.97 bits per heavy atom. The number of benzene rings is 1. The van der Waals surface area contributed by atoms with E-state index in [1.54, 1.807) is 21.1 Å². The normalized spacial score (nSPS) is 11.6. The van der Waals surface area contributed by atoms with Crippen molar-refractivity contribution in [2.45, 2.75) is 33.9 Å². The highest BCUT2D eigenvalue weighted by Crippen LogP contribution is 2.23. The van der Waals surface area contributed by atoms with Crippen LogP contribution in [-0.2, 0) is 13.1 Å². The van der Waals surface area contributed by atoms with Crippen molar-refractivity contribution < 1.29 is 9.26 Å². The summed E-state index contributed by atoms with van der Waals surface area (Å²) in [6.07, 6.45) is 0. The number of nitrogens with one attached hydrogen (secondary N) is 1. The molecule has 1 aromatic carbocycles. The summed E-state index contributed by atoms with van der Waals surface area (Å²) < 4.78 is 12.7. The largest absolute Gasteiger partial charge is 0.497 e. The minimum absolute atomic E-state index is 0.433. The molecular formula is C21H28N6O2. The van der Waals surface area contributed by atoms with E-state index >= 15 is 0 Å². The second-order valence-corrected chi connectivity index (χ2v) is 6.92. The topological polar surface area (TPSA) is 80.7 Å². The fraction of sp³-hybridized carbons (Fsp3) is 0.381. The summed E-state index contributed by atoms with van der Waals surface area (Å²) in [4.78, 5) is 10.6. The molecule has 8 nitrogen and oxygen atoms in total. The molecular weight excluding hydrogens is 368 g/mol. The summed E-state index contributed by atoms with van der Waals surface area (Å²) in [5.74, 6) is 2.77. The van der Waals surface area contributed by atoms with Crippen LogP contribution in [-0.4, -0.2) is 46.8 Å². The Kier molecular flexibility index (Phi) is 6.21. The van der Waals surface area contributed by atoms with Crippen LogP contribution in [0.4, 0.5) is 0 Å². The van der Waals surface area contributed by atoms with Gasteiger partial charge >= 0.3 is 0 Å². The Balaban J connectivity index is 1.73. The Labute approximate surface area is 171 Å². The highest BCUT2D eigenvalue weighted by molar-refractivity contribution is 5.79. The molecule has 0 aliphatic rings. The van der Waals surface area contributed by atoms with Gasteiger partial charge in [0, 0.05) is 37.7 Å². The van der Waals surface area contributed by atoms with E-state index in [4.69, 9.17) is 9.26 Å². The van der Waals surface area contributed by atoms with Crippen LogP contribution < -0.4 is 10.1 Å². The molecule has 8 heteroatoms. The Hall–Kier alpha value is -3.29. The molecule has 0 aliphatic heterocycles. The molecule has 0 aliphatic carbocycles. The first kappa shape index (κ1) is 20.4. The first-order valence-electron chi connectivity index (χ1n) is 9.46. The molecule has 1 N–H and O–H groups in total. The van der Waals surface area contributed by atoms with Crippen molar-refractivity contribution in [1.82, 2.24) is 24.9 Å². The number of nitrogens with zero attached hydrogens (tertiary/aromatic N) is 5. The van der Waals surface area contributed by atoms with Crippen molar-refractivity contribution in [3.63, 3.8) is 0 Å². The van der Waals surface area contributed by atoms with Gasteiger partial charge in [0.15, 0.2) is 11.8 Å². The van der Waals surface area contributed by atoms with Crippen LogP contribution in [0.5, 0.6) is 5.75 Å². The van der Waals surface area contributed by atoms with Crippen molar-refractivity contribution in [2.24, 2.45) is 4.99 Å². The molecule has 0 unspecified atom stereocenters. The van der Waals surface area contributed by atoms with Crippen molar-refractivity contribution >= 4 is 5.96 Å². The van der Waals surface area contributed by atoms with Gasteiger partial charge in [-0.25, -0.2) is 0 Å². The molecule has 0 saturated carbocycles. The molecule has 2 heterocycles. The molecule has 0 radical (unpaired) electrons. The number of hydrogen-bond donors (Lipinski definition) is 1. The van der Waals surface area contributed by atoms with Crippen LogP contribution in [0.2, 0.25) is 0 Å². The van der Waals surface area contributed by atoms with Crippen molar-refractivity contribution in [3.8, 4) is 11.4 Å². The average molecular weight is 396 g/mol. The van der Waals surface area contributed by atoms with E-state index in [9.17, 15) is 0 Å². The first-order chi connectivity index (χ1) is 13.9. The molecule has 0 bridgehead atoms. The number of aliphatic imine (C=N–C) groups is 1. The zero-order valence-electron chi connectivity index (χ0n) is 17.9. The average Bonchev–Trinajstić information content (AvgIpc) is 3.25. The first-order valence-corrected chi connectivity index (χ1v) is 9.46. The molecule has 29 heavy (non-hydrogen) atoms. The maximum absolute atomic E-state index is 5.27. The highest BCUT2D eigenvalue weighted by Gasteiger charge is 2.15. The van der Waals surface area contributed by atoms with Gasteiger partial charge in [0.2, 0.25) is 5.89 Å². The Morgan fingerprint density at radius 1 is 1.24 bits per heavy atom. The molecule has 0 amide bonds. The van der Waals surface area contributed by atoms with E-state index < -0.39 is 0 Å². The fourth-order valence-electron chi connectivity index (χ4n) is 3.40. The lowest BCUT2D eigenvalue weighted by atomic mass is 10.2. The van der Waals surface area contributed by atoms with Crippen LogP contribution >= 0.6 is 0 Å². The van der Waals surface area contributed by atoms with Gasteiger partial charge in [-0.1, -0.05) is 5.16 Å². The van der Waals surface area contributed by atoms with E-state index in [0.717, 1.165) is 23.9 Å². The summed E-state index contributed by atoms with van der Waals surface area (Å²) in [6.45, 7) is 7.21. The summed E-state index contributed by atoms with van der Waals surface area (Å²) in [6, 6.07) is 10.3. The van der Waals surface area contributed by atoms with Gasteiger partial charge in [0.1, 0.15) is 5.75 Å². The third-order valence-electron chi connectivity index (χ3n) is 4.81. The molecule has 0 fully saturated rings. The number of hydrogen-bond acceptors (Lipinski definition) is 5. The van der Waals surface area contributed by atoms with Gasteiger partial charge < -0.3 is 24.0 Å². The fourth-order valence-corrected chi connectivity index (χ4v) is 3.40.